The molecule has 0 amide bonds. The quantitative estimate of drug-likeness (QED) is 0.166. The number of hydrogen-bond donors (Lipinski definition) is 4. The van der Waals surface area contributed by atoms with E-state index in [-0.39, 0.29) is 30.5 Å². The SMILES string of the molecule is CCNC(=NCC(C)(O)c1ccco1)NCCCc1c[nH]c2ccccc12.I. The van der Waals surface area contributed by atoms with Gasteiger partial charge in [0.15, 0.2) is 5.96 Å². The zero-order valence-corrected chi connectivity index (χ0v) is 18.7. The van der Waals surface area contributed by atoms with Gasteiger partial charge in [0.25, 0.3) is 0 Å². The van der Waals surface area contributed by atoms with Gasteiger partial charge in [0.2, 0.25) is 0 Å². The predicted octanol–water partition coefficient (Wildman–Crippen LogP) is 3.77. The summed E-state index contributed by atoms with van der Waals surface area (Å²) in [5.74, 6) is 1.21. The van der Waals surface area contributed by atoms with Crippen molar-refractivity contribution in [3.05, 3.63) is 60.2 Å². The molecule has 0 saturated heterocycles. The molecule has 0 spiro atoms. The van der Waals surface area contributed by atoms with E-state index < -0.39 is 5.60 Å². The molecule has 1 atom stereocenters. The van der Waals surface area contributed by atoms with Gasteiger partial charge in [-0.15, -0.1) is 24.0 Å². The summed E-state index contributed by atoms with van der Waals surface area (Å²) in [5, 5.41) is 18.4. The van der Waals surface area contributed by atoms with Gasteiger partial charge in [-0.2, -0.15) is 0 Å². The van der Waals surface area contributed by atoms with Crippen LogP contribution in [0, 0.1) is 0 Å². The van der Waals surface area contributed by atoms with Crippen LogP contribution in [-0.2, 0) is 12.0 Å². The van der Waals surface area contributed by atoms with E-state index in [9.17, 15) is 5.11 Å². The molecule has 152 valence electrons. The van der Waals surface area contributed by atoms with Gasteiger partial charge < -0.3 is 25.1 Å². The predicted molar refractivity (Wildman–Crippen MR) is 124 cm³/mol. The molecule has 0 aliphatic carbocycles. The molecule has 3 rings (SSSR count). The first kappa shape index (κ1) is 22.3. The fourth-order valence-electron chi connectivity index (χ4n) is 3.06. The van der Waals surface area contributed by atoms with Crippen LogP contribution >= 0.6 is 24.0 Å². The van der Waals surface area contributed by atoms with Crippen molar-refractivity contribution in [3.8, 4) is 0 Å². The van der Waals surface area contributed by atoms with E-state index in [2.05, 4.69) is 45.0 Å². The van der Waals surface area contributed by atoms with Gasteiger partial charge in [-0.1, -0.05) is 18.2 Å². The van der Waals surface area contributed by atoms with Gasteiger partial charge in [-0.05, 0) is 50.5 Å². The van der Waals surface area contributed by atoms with Crippen LogP contribution in [0.25, 0.3) is 10.9 Å². The summed E-state index contributed by atoms with van der Waals surface area (Å²) in [7, 11) is 0. The molecule has 7 heteroatoms. The molecule has 0 aliphatic rings. The number of aryl methyl sites for hydroxylation is 1. The van der Waals surface area contributed by atoms with Gasteiger partial charge in [0.05, 0.1) is 12.8 Å². The van der Waals surface area contributed by atoms with Crippen molar-refractivity contribution in [2.45, 2.75) is 32.3 Å². The lowest BCUT2D eigenvalue weighted by Crippen LogP contribution is -2.39. The molecule has 0 saturated carbocycles. The van der Waals surface area contributed by atoms with Crippen LogP contribution in [0.4, 0.5) is 0 Å². The van der Waals surface area contributed by atoms with E-state index in [0.29, 0.717) is 11.7 Å². The zero-order chi connectivity index (χ0) is 19.1. The maximum atomic E-state index is 10.5. The van der Waals surface area contributed by atoms with Gasteiger partial charge in [-0.3, -0.25) is 0 Å². The molecule has 28 heavy (non-hydrogen) atoms. The highest BCUT2D eigenvalue weighted by Gasteiger charge is 2.26. The first-order valence-corrected chi connectivity index (χ1v) is 9.43. The van der Waals surface area contributed by atoms with Gasteiger partial charge >= 0.3 is 0 Å². The molecular weight excluding hydrogens is 467 g/mol. The Morgan fingerprint density at radius 3 is 2.79 bits per heavy atom. The molecule has 0 bridgehead atoms. The van der Waals surface area contributed by atoms with Crippen molar-refractivity contribution >= 4 is 40.8 Å². The van der Waals surface area contributed by atoms with E-state index in [1.54, 1.807) is 25.3 Å². The number of fused-ring (bicyclic) bond motifs is 1. The zero-order valence-electron chi connectivity index (χ0n) is 16.4. The average molecular weight is 496 g/mol. The molecule has 2 aromatic heterocycles. The third-order valence-electron chi connectivity index (χ3n) is 4.53. The number of H-pyrrole nitrogens is 1. The van der Waals surface area contributed by atoms with Crippen LogP contribution in [0.15, 0.2) is 58.3 Å². The molecule has 1 aromatic carbocycles. The standard InChI is InChI=1S/C21H28N4O2.HI/c1-3-22-20(25-15-21(2,26)19-11-7-13-27-19)23-12-6-8-16-14-24-18-10-5-4-9-17(16)18;/h4-5,7,9-11,13-14,24,26H,3,6,8,12,15H2,1-2H3,(H2,22,23,25);1H. The van der Waals surface area contributed by atoms with Gasteiger partial charge in [0, 0.05) is 30.2 Å². The molecule has 3 aromatic rings. The number of halogens is 1. The summed E-state index contributed by atoms with van der Waals surface area (Å²) in [6.07, 6.45) is 5.62. The second-order valence-corrected chi connectivity index (χ2v) is 6.84. The number of rotatable bonds is 8. The number of guanidine groups is 1. The first-order chi connectivity index (χ1) is 13.1. The van der Waals surface area contributed by atoms with Crippen LogP contribution < -0.4 is 10.6 Å². The third kappa shape index (κ3) is 5.75. The Bertz CT molecular complexity index is 872. The first-order valence-electron chi connectivity index (χ1n) is 9.43. The van der Waals surface area contributed by atoms with Crippen LogP contribution in [0.5, 0.6) is 0 Å². The second-order valence-electron chi connectivity index (χ2n) is 6.84. The van der Waals surface area contributed by atoms with Crippen molar-refractivity contribution < 1.29 is 9.52 Å². The summed E-state index contributed by atoms with van der Waals surface area (Å²) in [6, 6.07) is 11.9. The van der Waals surface area contributed by atoms with E-state index in [1.807, 2.05) is 13.0 Å². The monoisotopic (exact) mass is 496 g/mol. The maximum Gasteiger partial charge on any atom is 0.191 e. The number of hydrogen-bond acceptors (Lipinski definition) is 3. The molecule has 2 heterocycles. The number of aromatic amines is 1. The topological polar surface area (TPSA) is 85.6 Å². The summed E-state index contributed by atoms with van der Waals surface area (Å²) in [6.45, 7) is 5.51. The largest absolute Gasteiger partial charge is 0.466 e. The second kappa shape index (κ2) is 10.5. The Kier molecular flexibility index (Phi) is 8.37. The van der Waals surface area contributed by atoms with Crippen LogP contribution in [-0.4, -0.2) is 35.7 Å². The lowest BCUT2D eigenvalue weighted by atomic mass is 10.0. The highest BCUT2D eigenvalue weighted by molar-refractivity contribution is 14.0. The Hall–Kier alpha value is -2.00. The highest BCUT2D eigenvalue weighted by Crippen LogP contribution is 2.21. The number of nitrogens with zero attached hydrogens (tertiary/aromatic N) is 1. The van der Waals surface area contributed by atoms with E-state index in [0.717, 1.165) is 25.9 Å². The Morgan fingerprint density at radius 1 is 1.21 bits per heavy atom. The number of aliphatic hydroxyl groups is 1. The smallest absolute Gasteiger partial charge is 0.191 e. The van der Waals surface area contributed by atoms with Crippen LogP contribution in [0.2, 0.25) is 0 Å². The van der Waals surface area contributed by atoms with Crippen molar-refractivity contribution in [1.82, 2.24) is 15.6 Å². The lowest BCUT2D eigenvalue weighted by molar-refractivity contribution is 0.0437. The fraction of sp³-hybridized carbons (Fsp3) is 0.381. The minimum Gasteiger partial charge on any atom is -0.466 e. The van der Waals surface area contributed by atoms with Gasteiger partial charge in [0.1, 0.15) is 11.4 Å². The Balaban J connectivity index is 0.00000280. The van der Waals surface area contributed by atoms with E-state index in [1.165, 1.54) is 16.5 Å². The highest BCUT2D eigenvalue weighted by atomic mass is 127. The normalized spacial score (nSPS) is 13.8. The number of benzene rings is 1. The van der Waals surface area contributed by atoms with Crippen molar-refractivity contribution in [2.75, 3.05) is 19.6 Å². The Labute approximate surface area is 182 Å². The summed E-state index contributed by atoms with van der Waals surface area (Å²) >= 11 is 0. The lowest BCUT2D eigenvalue weighted by Gasteiger charge is -2.19. The summed E-state index contributed by atoms with van der Waals surface area (Å²) in [4.78, 5) is 7.82. The number of aromatic nitrogens is 1. The molecule has 6 nitrogen and oxygen atoms in total. The molecule has 0 radical (unpaired) electrons. The fourth-order valence-corrected chi connectivity index (χ4v) is 3.06. The number of para-hydroxylation sites is 1. The van der Waals surface area contributed by atoms with Crippen LogP contribution in [0.3, 0.4) is 0 Å². The Morgan fingerprint density at radius 2 is 2.04 bits per heavy atom. The van der Waals surface area contributed by atoms with Gasteiger partial charge in [-0.25, -0.2) is 4.99 Å². The number of nitrogens with one attached hydrogen (secondary N) is 3. The van der Waals surface area contributed by atoms with E-state index in [4.69, 9.17) is 4.42 Å². The third-order valence-corrected chi connectivity index (χ3v) is 4.53. The summed E-state index contributed by atoms with van der Waals surface area (Å²) < 4.78 is 5.30. The van der Waals surface area contributed by atoms with Crippen molar-refractivity contribution in [3.63, 3.8) is 0 Å². The molecule has 1 unspecified atom stereocenters. The van der Waals surface area contributed by atoms with E-state index >= 15 is 0 Å². The number of furan rings is 1. The summed E-state index contributed by atoms with van der Waals surface area (Å²) in [5.41, 5.74) is 1.38. The average Bonchev–Trinajstić information content (AvgIpc) is 3.34. The molecule has 0 aliphatic heterocycles. The van der Waals surface area contributed by atoms with Crippen molar-refractivity contribution in [2.24, 2.45) is 4.99 Å². The minimum atomic E-state index is -1.13. The number of aliphatic imine (C=N–C) groups is 1. The molecular formula is C21H29IN4O2. The molecule has 0 fully saturated rings. The van der Waals surface area contributed by atoms with Crippen molar-refractivity contribution in [1.29, 1.82) is 0 Å². The minimum absolute atomic E-state index is 0. The van der Waals surface area contributed by atoms with Crippen LogP contribution in [0.1, 0.15) is 31.6 Å². The molecule has 4 N–H and O–H groups in total. The maximum absolute atomic E-state index is 10.5.